The number of hydrogen-bond acceptors (Lipinski definition) is 4. The number of carboxylic acid groups (broad SMARTS) is 1. The molecule has 1 aliphatic rings. The van der Waals surface area contributed by atoms with E-state index in [1.165, 1.54) is 6.07 Å². The molecule has 0 saturated heterocycles. The Kier molecular flexibility index (Phi) is 5.56. The highest BCUT2D eigenvalue weighted by atomic mass is 32.2. The van der Waals surface area contributed by atoms with Crippen LogP contribution in [0.5, 0.6) is 0 Å². The molecule has 2 N–H and O–H groups in total. The average Bonchev–Trinajstić information content (AvgIpc) is 2.53. The molecule has 1 aliphatic carbocycles. The normalized spacial score (nSPS) is 23.9. The maximum absolute atomic E-state index is 12.7. The molecule has 6 nitrogen and oxygen atoms in total. The predicted molar refractivity (Wildman–Crippen MR) is 94.4 cm³/mol. The minimum atomic E-state index is -3.45. The third-order valence-corrected chi connectivity index (χ3v) is 6.19. The zero-order valence-electron chi connectivity index (χ0n) is 14.8. The van der Waals surface area contributed by atoms with Gasteiger partial charge in [0.1, 0.15) is 0 Å². The fourth-order valence-corrected chi connectivity index (χ4v) is 4.57. The molecule has 2 rings (SSSR count). The van der Waals surface area contributed by atoms with Gasteiger partial charge in [-0.25, -0.2) is 8.42 Å². The van der Waals surface area contributed by atoms with Crippen molar-refractivity contribution in [2.45, 2.75) is 56.4 Å². The third kappa shape index (κ3) is 4.21. The number of aliphatic carboxylic acids is 1. The second kappa shape index (κ2) is 7.15. The smallest absolute Gasteiger partial charge is 0.308 e. The summed E-state index contributed by atoms with van der Waals surface area (Å²) in [5.41, 5.74) is 0.0513. The Balaban J connectivity index is 2.33. The van der Waals surface area contributed by atoms with Crippen molar-refractivity contribution in [1.82, 2.24) is 5.32 Å². The van der Waals surface area contributed by atoms with E-state index in [2.05, 4.69) is 5.32 Å². The van der Waals surface area contributed by atoms with Crippen LogP contribution in [0.15, 0.2) is 23.1 Å². The van der Waals surface area contributed by atoms with Crippen LogP contribution < -0.4 is 5.32 Å². The van der Waals surface area contributed by atoms with Gasteiger partial charge >= 0.3 is 5.97 Å². The summed E-state index contributed by atoms with van der Waals surface area (Å²) in [4.78, 5) is 24.3. The Hall–Kier alpha value is -1.89. The quantitative estimate of drug-likeness (QED) is 0.832. The first-order chi connectivity index (χ1) is 11.6. The maximum atomic E-state index is 12.7. The van der Waals surface area contributed by atoms with Gasteiger partial charge in [-0.15, -0.1) is 0 Å². The molecule has 1 saturated carbocycles. The molecular weight excluding hydrogens is 342 g/mol. The number of rotatable bonds is 5. The number of amides is 1. The molecule has 0 heterocycles. The van der Waals surface area contributed by atoms with E-state index in [1.54, 1.807) is 19.1 Å². The number of carbonyl (C=O) groups excluding carboxylic acids is 1. The van der Waals surface area contributed by atoms with Crippen LogP contribution in [0, 0.1) is 5.92 Å². The molecule has 1 amide bonds. The van der Waals surface area contributed by atoms with Crippen molar-refractivity contribution in [3.8, 4) is 0 Å². The van der Waals surface area contributed by atoms with E-state index in [9.17, 15) is 23.1 Å². The van der Waals surface area contributed by atoms with Crippen LogP contribution in [0.2, 0.25) is 0 Å². The maximum Gasteiger partial charge on any atom is 0.308 e. The summed E-state index contributed by atoms with van der Waals surface area (Å²) in [6.07, 6.45) is 4.45. The minimum Gasteiger partial charge on any atom is -0.481 e. The van der Waals surface area contributed by atoms with Gasteiger partial charge in [0.05, 0.1) is 16.4 Å². The van der Waals surface area contributed by atoms with E-state index in [4.69, 9.17) is 0 Å². The summed E-state index contributed by atoms with van der Waals surface area (Å²) in [6, 6.07) is 4.61. The lowest BCUT2D eigenvalue weighted by Gasteiger charge is -2.39. The molecule has 2 atom stereocenters. The third-order valence-electron chi connectivity index (χ3n) is 5.01. The topological polar surface area (TPSA) is 101 Å². The lowest BCUT2D eigenvalue weighted by molar-refractivity contribution is -0.145. The second-order valence-electron chi connectivity index (χ2n) is 6.96. The van der Waals surface area contributed by atoms with Crippen LogP contribution in [-0.4, -0.2) is 37.2 Å². The Morgan fingerprint density at radius 1 is 1.32 bits per heavy atom. The van der Waals surface area contributed by atoms with Crippen molar-refractivity contribution >= 4 is 21.7 Å². The van der Waals surface area contributed by atoms with Gasteiger partial charge in [0.15, 0.2) is 9.84 Å². The fraction of sp³-hybridized carbons (Fsp3) is 0.556. The molecule has 0 spiro atoms. The van der Waals surface area contributed by atoms with E-state index in [1.807, 2.05) is 6.92 Å². The Morgan fingerprint density at radius 2 is 2.00 bits per heavy atom. The van der Waals surface area contributed by atoms with Gasteiger partial charge in [-0.05, 0) is 43.9 Å². The lowest BCUT2D eigenvalue weighted by atomic mass is 9.73. The molecule has 1 aromatic rings. The highest BCUT2D eigenvalue weighted by molar-refractivity contribution is 7.90. The molecule has 0 radical (unpaired) electrons. The van der Waals surface area contributed by atoms with E-state index in [0.29, 0.717) is 24.8 Å². The van der Waals surface area contributed by atoms with Gasteiger partial charge in [0.2, 0.25) is 0 Å². The second-order valence-corrected chi connectivity index (χ2v) is 8.94. The summed E-state index contributed by atoms with van der Waals surface area (Å²) in [5, 5.41) is 12.3. The summed E-state index contributed by atoms with van der Waals surface area (Å²) < 4.78 is 23.9. The zero-order chi connectivity index (χ0) is 18.8. The van der Waals surface area contributed by atoms with Gasteiger partial charge < -0.3 is 10.4 Å². The molecule has 0 bridgehead atoms. The molecule has 1 fully saturated rings. The minimum absolute atomic E-state index is 0.145. The summed E-state index contributed by atoms with van der Waals surface area (Å²) in [5.74, 6) is -2.00. The van der Waals surface area contributed by atoms with E-state index in [0.717, 1.165) is 19.1 Å². The van der Waals surface area contributed by atoms with Crippen LogP contribution in [0.25, 0.3) is 0 Å². The number of carboxylic acids is 1. The number of carbonyl (C=O) groups is 2. The summed E-state index contributed by atoms with van der Waals surface area (Å²) in [6.45, 7) is 3.60. The molecule has 1 aromatic carbocycles. The Bertz CT molecular complexity index is 787. The molecular formula is C18H25NO5S. The number of benzene rings is 1. The van der Waals surface area contributed by atoms with E-state index >= 15 is 0 Å². The zero-order valence-corrected chi connectivity index (χ0v) is 15.6. The van der Waals surface area contributed by atoms with E-state index < -0.39 is 33.2 Å². The van der Waals surface area contributed by atoms with Gasteiger partial charge in [-0.3, -0.25) is 9.59 Å². The number of hydrogen-bond donors (Lipinski definition) is 2. The molecule has 0 aromatic heterocycles. The molecule has 25 heavy (non-hydrogen) atoms. The monoisotopic (exact) mass is 367 g/mol. The molecule has 138 valence electrons. The predicted octanol–water partition coefficient (Wildman–Crippen LogP) is 2.42. The van der Waals surface area contributed by atoms with Crippen molar-refractivity contribution in [3.05, 3.63) is 29.3 Å². The van der Waals surface area contributed by atoms with Gasteiger partial charge in [-0.2, -0.15) is 0 Å². The standard InChI is InChI=1S/C18H25NO5S/c1-4-12-8-9-13(11-15(12)25(3,23)24)16(20)19-18(2)10-6-5-7-14(18)17(21)22/h8-9,11,14H,4-7,10H2,1-3H3,(H,19,20)(H,21,22). The van der Waals surface area contributed by atoms with Crippen molar-refractivity contribution in [2.24, 2.45) is 5.92 Å². The highest BCUT2D eigenvalue weighted by Crippen LogP contribution is 2.34. The summed E-state index contributed by atoms with van der Waals surface area (Å²) >= 11 is 0. The molecule has 2 unspecified atom stereocenters. The highest BCUT2D eigenvalue weighted by Gasteiger charge is 2.42. The van der Waals surface area contributed by atoms with Crippen molar-refractivity contribution < 1.29 is 23.1 Å². The first kappa shape index (κ1) is 19.4. The van der Waals surface area contributed by atoms with Crippen LogP contribution in [0.3, 0.4) is 0 Å². The number of nitrogens with one attached hydrogen (secondary N) is 1. The SMILES string of the molecule is CCc1ccc(C(=O)NC2(C)CCCCC2C(=O)O)cc1S(C)(=O)=O. The molecule has 0 aliphatic heterocycles. The summed E-state index contributed by atoms with van der Waals surface area (Å²) in [7, 11) is -3.45. The molecule has 7 heteroatoms. The van der Waals surface area contributed by atoms with Crippen molar-refractivity contribution in [2.75, 3.05) is 6.26 Å². The van der Waals surface area contributed by atoms with Crippen LogP contribution in [0.4, 0.5) is 0 Å². The number of aryl methyl sites for hydroxylation is 1. The first-order valence-corrected chi connectivity index (χ1v) is 10.4. The van der Waals surface area contributed by atoms with Gasteiger partial charge in [0.25, 0.3) is 5.91 Å². The Morgan fingerprint density at radius 3 is 2.56 bits per heavy atom. The van der Waals surface area contributed by atoms with Gasteiger partial charge in [-0.1, -0.05) is 25.8 Å². The van der Waals surface area contributed by atoms with Crippen molar-refractivity contribution in [3.63, 3.8) is 0 Å². The number of sulfone groups is 1. The van der Waals surface area contributed by atoms with E-state index in [-0.39, 0.29) is 10.5 Å². The fourth-order valence-electron chi connectivity index (χ4n) is 3.54. The van der Waals surface area contributed by atoms with Crippen molar-refractivity contribution in [1.29, 1.82) is 0 Å². The van der Waals surface area contributed by atoms with Crippen LogP contribution in [-0.2, 0) is 21.1 Å². The van der Waals surface area contributed by atoms with Gasteiger partial charge in [0, 0.05) is 11.8 Å². The largest absolute Gasteiger partial charge is 0.481 e. The Labute approximate surface area is 148 Å². The van der Waals surface area contributed by atoms with Crippen LogP contribution >= 0.6 is 0 Å². The van der Waals surface area contributed by atoms with Crippen LogP contribution in [0.1, 0.15) is 55.5 Å². The average molecular weight is 367 g/mol. The first-order valence-electron chi connectivity index (χ1n) is 8.47. The lowest BCUT2D eigenvalue weighted by Crippen LogP contribution is -2.55.